The van der Waals surface area contributed by atoms with Gasteiger partial charge in [-0.25, -0.2) is 0 Å². The maximum atomic E-state index is 9.93. The Morgan fingerprint density at radius 2 is 1.89 bits per heavy atom. The van der Waals surface area contributed by atoms with Crippen molar-refractivity contribution in [3.05, 3.63) is 36.0 Å². The molecule has 1 saturated heterocycles. The lowest BCUT2D eigenvalue weighted by molar-refractivity contribution is -0.0791. The lowest BCUT2D eigenvalue weighted by atomic mass is 9.92. The van der Waals surface area contributed by atoms with Gasteiger partial charge in [0.2, 0.25) is 0 Å². The van der Waals surface area contributed by atoms with Crippen LogP contribution >= 0.6 is 0 Å². The highest BCUT2D eigenvalue weighted by atomic mass is 28.4. The largest absolute Gasteiger partial charge is 0.417 e. The number of aliphatic hydroxyl groups is 1. The van der Waals surface area contributed by atoms with Gasteiger partial charge in [0.15, 0.2) is 14.6 Å². The van der Waals surface area contributed by atoms with Crippen LogP contribution in [0.4, 0.5) is 0 Å². The van der Waals surface area contributed by atoms with E-state index in [-0.39, 0.29) is 11.1 Å². The molecular formula is C23H42O3Si. The van der Waals surface area contributed by atoms with E-state index in [9.17, 15) is 5.11 Å². The molecule has 1 N–H and O–H groups in total. The topological polar surface area (TPSA) is 38.7 Å². The smallest absolute Gasteiger partial charge is 0.191 e. The lowest BCUT2D eigenvalue weighted by Crippen LogP contribution is -2.40. The molecule has 1 aliphatic heterocycles. The summed E-state index contributed by atoms with van der Waals surface area (Å²) in [7, 11) is -1.65. The molecule has 1 aliphatic rings. The van der Waals surface area contributed by atoms with Gasteiger partial charge in [0.25, 0.3) is 0 Å². The highest BCUT2D eigenvalue weighted by molar-refractivity contribution is 6.74. The van der Waals surface area contributed by atoms with E-state index in [1.165, 1.54) is 11.1 Å². The average molecular weight is 395 g/mol. The third-order valence-electron chi connectivity index (χ3n) is 6.03. The minimum atomic E-state index is -1.65. The van der Waals surface area contributed by atoms with Crippen molar-refractivity contribution in [3.8, 4) is 0 Å². The number of allylic oxidation sites excluding steroid dienone is 4. The van der Waals surface area contributed by atoms with Crippen LogP contribution in [0, 0.1) is 5.92 Å². The number of aliphatic hydroxyl groups excluding tert-OH is 1. The molecule has 0 aromatic rings. The van der Waals surface area contributed by atoms with Gasteiger partial charge in [-0.2, -0.15) is 0 Å². The quantitative estimate of drug-likeness (QED) is 0.202. The summed E-state index contributed by atoms with van der Waals surface area (Å²) in [6.07, 6.45) is 10.4. The first-order valence-corrected chi connectivity index (χ1v) is 13.3. The van der Waals surface area contributed by atoms with Crippen LogP contribution in [0.3, 0.4) is 0 Å². The fourth-order valence-corrected chi connectivity index (χ4v) is 4.24. The van der Waals surface area contributed by atoms with Crippen LogP contribution in [0.25, 0.3) is 0 Å². The monoisotopic (exact) mass is 394 g/mol. The molecule has 1 rings (SSSR count). The maximum absolute atomic E-state index is 9.93. The predicted octanol–water partition coefficient (Wildman–Crippen LogP) is 6.37. The Morgan fingerprint density at radius 3 is 2.48 bits per heavy atom. The Labute approximate surface area is 168 Å². The number of rotatable bonds is 10. The number of hydrogen-bond acceptors (Lipinski definition) is 3. The van der Waals surface area contributed by atoms with Crippen molar-refractivity contribution in [3.63, 3.8) is 0 Å². The van der Waals surface area contributed by atoms with Gasteiger partial charge in [0, 0.05) is 13.0 Å². The molecule has 3 nitrogen and oxygen atoms in total. The SMILES string of the molecule is C=C/C=C(\C)CC[C@H]1CC(O)OC1/C=C(\C)CCCO[Si](C)(C)C(C)(C)C. The van der Waals surface area contributed by atoms with Crippen molar-refractivity contribution < 1.29 is 14.3 Å². The van der Waals surface area contributed by atoms with Crippen LogP contribution in [0.2, 0.25) is 18.1 Å². The standard InChI is InChI=1S/C23H42O3Si/c1-9-11-18(2)13-14-20-17-22(24)26-21(20)16-19(3)12-10-15-25-27(7,8)23(4,5)6/h9,11,16,20-22,24H,1,10,12-15,17H2,2-8H3/b18-11+,19-16+/t20-,21?,22?/m0/s1. The molecule has 4 heteroatoms. The maximum Gasteiger partial charge on any atom is 0.191 e. The minimum Gasteiger partial charge on any atom is -0.417 e. The molecule has 2 unspecified atom stereocenters. The minimum absolute atomic E-state index is 0.0258. The molecule has 0 radical (unpaired) electrons. The van der Waals surface area contributed by atoms with Crippen LogP contribution < -0.4 is 0 Å². The van der Waals surface area contributed by atoms with E-state index in [0.29, 0.717) is 5.92 Å². The van der Waals surface area contributed by atoms with Crippen molar-refractivity contribution in [2.24, 2.45) is 5.92 Å². The highest BCUT2D eigenvalue weighted by Gasteiger charge is 2.37. The molecule has 0 spiro atoms. The Bertz CT molecular complexity index is 528. The molecule has 1 fully saturated rings. The van der Waals surface area contributed by atoms with Gasteiger partial charge in [-0.1, -0.05) is 56.7 Å². The van der Waals surface area contributed by atoms with Crippen LogP contribution in [0.15, 0.2) is 36.0 Å². The summed E-state index contributed by atoms with van der Waals surface area (Å²) in [5.74, 6) is 0.381. The average Bonchev–Trinajstić information content (AvgIpc) is 2.88. The second kappa shape index (κ2) is 10.8. The van der Waals surface area contributed by atoms with Crippen molar-refractivity contribution in [2.45, 2.75) is 97.2 Å². The highest BCUT2D eigenvalue weighted by Crippen LogP contribution is 2.36. The van der Waals surface area contributed by atoms with Gasteiger partial charge >= 0.3 is 0 Å². The van der Waals surface area contributed by atoms with Gasteiger partial charge in [-0.15, -0.1) is 0 Å². The normalized spacial score (nSPS) is 25.1. The lowest BCUT2D eigenvalue weighted by Gasteiger charge is -2.36. The fourth-order valence-electron chi connectivity index (χ4n) is 3.15. The third-order valence-corrected chi connectivity index (χ3v) is 10.6. The Kier molecular flexibility index (Phi) is 9.70. The molecule has 0 amide bonds. The van der Waals surface area contributed by atoms with Gasteiger partial charge < -0.3 is 14.3 Å². The van der Waals surface area contributed by atoms with Crippen molar-refractivity contribution >= 4 is 8.32 Å². The Hall–Kier alpha value is -0.683. The van der Waals surface area contributed by atoms with Crippen LogP contribution in [0.1, 0.15) is 66.7 Å². The second-order valence-electron chi connectivity index (χ2n) is 9.56. The first kappa shape index (κ1) is 24.4. The molecule has 27 heavy (non-hydrogen) atoms. The first-order valence-electron chi connectivity index (χ1n) is 10.4. The van der Waals surface area contributed by atoms with Crippen LogP contribution in [-0.4, -0.2) is 32.4 Å². The number of hydrogen-bond donors (Lipinski definition) is 1. The summed E-state index contributed by atoms with van der Waals surface area (Å²) < 4.78 is 12.0. The second-order valence-corrected chi connectivity index (χ2v) is 14.4. The molecule has 0 aromatic heterocycles. The first-order chi connectivity index (χ1) is 12.5. The Morgan fingerprint density at radius 1 is 1.22 bits per heavy atom. The molecule has 3 atom stereocenters. The molecule has 0 bridgehead atoms. The van der Waals surface area contributed by atoms with E-state index in [1.54, 1.807) is 0 Å². The van der Waals surface area contributed by atoms with Gasteiger partial charge in [0.05, 0.1) is 6.10 Å². The summed E-state index contributed by atoms with van der Waals surface area (Å²) in [5, 5.41) is 10.2. The third kappa shape index (κ3) is 8.47. The summed E-state index contributed by atoms with van der Waals surface area (Å²) in [6, 6.07) is 0. The van der Waals surface area contributed by atoms with Crippen LogP contribution in [0.5, 0.6) is 0 Å². The van der Waals surface area contributed by atoms with E-state index in [0.717, 1.165) is 38.7 Å². The van der Waals surface area contributed by atoms with Gasteiger partial charge in [0.1, 0.15) is 0 Å². The summed E-state index contributed by atoms with van der Waals surface area (Å²) in [6.45, 7) is 20.3. The molecular weight excluding hydrogens is 352 g/mol. The summed E-state index contributed by atoms with van der Waals surface area (Å²) >= 11 is 0. The zero-order chi connectivity index (χ0) is 20.7. The van der Waals surface area contributed by atoms with E-state index in [4.69, 9.17) is 9.16 Å². The molecule has 0 saturated carbocycles. The van der Waals surface area contributed by atoms with E-state index < -0.39 is 14.6 Å². The molecule has 0 aliphatic carbocycles. The number of ether oxygens (including phenoxy) is 1. The van der Waals surface area contributed by atoms with Crippen molar-refractivity contribution in [1.29, 1.82) is 0 Å². The zero-order valence-corrected chi connectivity index (χ0v) is 19.7. The van der Waals surface area contributed by atoms with Gasteiger partial charge in [-0.3, -0.25) is 0 Å². The van der Waals surface area contributed by atoms with Crippen molar-refractivity contribution in [1.82, 2.24) is 0 Å². The van der Waals surface area contributed by atoms with E-state index in [2.05, 4.69) is 66.4 Å². The zero-order valence-electron chi connectivity index (χ0n) is 18.7. The summed E-state index contributed by atoms with van der Waals surface area (Å²) in [5.41, 5.74) is 2.66. The van der Waals surface area contributed by atoms with E-state index in [1.807, 2.05) is 6.08 Å². The van der Waals surface area contributed by atoms with Crippen LogP contribution in [-0.2, 0) is 9.16 Å². The molecule has 1 heterocycles. The molecule has 156 valence electrons. The molecule has 0 aromatic carbocycles. The summed E-state index contributed by atoms with van der Waals surface area (Å²) in [4.78, 5) is 0. The fraction of sp³-hybridized carbons (Fsp3) is 0.739. The van der Waals surface area contributed by atoms with E-state index >= 15 is 0 Å². The van der Waals surface area contributed by atoms with Gasteiger partial charge in [-0.05, 0) is 63.6 Å². The van der Waals surface area contributed by atoms with Crippen molar-refractivity contribution in [2.75, 3.05) is 6.61 Å². The Balaban J connectivity index is 2.49. The predicted molar refractivity (Wildman–Crippen MR) is 118 cm³/mol.